The van der Waals surface area contributed by atoms with Gasteiger partial charge in [-0.15, -0.1) is 0 Å². The summed E-state index contributed by atoms with van der Waals surface area (Å²) in [6, 6.07) is 13.2. The molecule has 0 saturated carbocycles. The number of hydrogen-bond donors (Lipinski definition) is 3. The van der Waals surface area contributed by atoms with Crippen molar-refractivity contribution in [2.75, 3.05) is 28.4 Å². The Morgan fingerprint density at radius 2 is 1.64 bits per heavy atom. The van der Waals surface area contributed by atoms with Crippen molar-refractivity contribution in [3.8, 4) is 45.7 Å². The maximum Gasteiger partial charge on any atom is 0.330 e. The number of allylic oxidation sites excluding steroid dienone is 1. The number of ketones is 1. The number of nitrogens with one attached hydrogen (secondary N) is 1. The molecule has 202 valence electrons. The second kappa shape index (κ2) is 11.6. The predicted molar refractivity (Wildman–Crippen MR) is 145 cm³/mol. The standard InChI is InChI=1S/C29H28N2O8/c1-36-24-11-17(10-20(16-32)27(24)34)8-9-23(33)18-6-5-7-21(12-18)31-15-22(30-29(31)35)19-13-25(37-2)28(39-4)26(14-19)38-3/h5-15,32,34H,16H2,1-4H3,(H,30,35)/b9-8+. The van der Waals surface area contributed by atoms with Crippen molar-refractivity contribution >= 4 is 11.9 Å². The van der Waals surface area contributed by atoms with Crippen LogP contribution in [0, 0.1) is 0 Å². The van der Waals surface area contributed by atoms with Crippen molar-refractivity contribution in [1.29, 1.82) is 0 Å². The minimum Gasteiger partial charge on any atom is -0.504 e. The van der Waals surface area contributed by atoms with Crippen molar-refractivity contribution in [2.45, 2.75) is 6.61 Å². The Morgan fingerprint density at radius 3 is 2.26 bits per heavy atom. The van der Waals surface area contributed by atoms with E-state index in [0.29, 0.717) is 45.3 Å². The Labute approximate surface area is 224 Å². The zero-order chi connectivity index (χ0) is 28.1. The summed E-state index contributed by atoms with van der Waals surface area (Å²) in [5.41, 5.74) is 2.45. The van der Waals surface area contributed by atoms with Crippen LogP contribution in [-0.4, -0.2) is 54.0 Å². The summed E-state index contributed by atoms with van der Waals surface area (Å²) in [6.07, 6.45) is 4.55. The SMILES string of the molecule is COc1cc(/C=C/C(=O)c2cccc(-n3cc(-c4cc(OC)c(OC)c(OC)c4)[nH]c3=O)c2)cc(CO)c1O. The number of carbonyl (C=O) groups excluding carboxylic acids is 1. The Bertz CT molecular complexity index is 1550. The highest BCUT2D eigenvalue weighted by atomic mass is 16.5. The quantitative estimate of drug-likeness (QED) is 0.207. The maximum absolute atomic E-state index is 12.9. The molecule has 0 radical (unpaired) electrons. The van der Waals surface area contributed by atoms with Gasteiger partial charge < -0.3 is 34.1 Å². The van der Waals surface area contributed by atoms with Gasteiger partial charge in [0, 0.05) is 22.9 Å². The minimum atomic E-state index is -0.397. The third-order valence-electron chi connectivity index (χ3n) is 6.10. The van der Waals surface area contributed by atoms with E-state index in [1.807, 2.05) is 0 Å². The molecule has 0 spiro atoms. The molecule has 0 aliphatic carbocycles. The summed E-state index contributed by atoms with van der Waals surface area (Å²) >= 11 is 0. The molecule has 0 amide bonds. The maximum atomic E-state index is 12.9. The van der Waals surface area contributed by atoms with E-state index in [1.54, 1.807) is 60.8 Å². The van der Waals surface area contributed by atoms with Gasteiger partial charge in [-0.25, -0.2) is 4.79 Å². The first-order valence-electron chi connectivity index (χ1n) is 11.8. The molecule has 10 nitrogen and oxygen atoms in total. The third-order valence-corrected chi connectivity index (χ3v) is 6.10. The van der Waals surface area contributed by atoms with Gasteiger partial charge in [-0.05, 0) is 48.0 Å². The Hall–Kier alpha value is -4.96. The Morgan fingerprint density at radius 1 is 0.949 bits per heavy atom. The van der Waals surface area contributed by atoms with E-state index in [0.717, 1.165) is 0 Å². The molecule has 1 aromatic heterocycles. The molecule has 39 heavy (non-hydrogen) atoms. The van der Waals surface area contributed by atoms with E-state index >= 15 is 0 Å². The molecule has 0 aliphatic rings. The fraction of sp³-hybridized carbons (Fsp3) is 0.172. The van der Waals surface area contributed by atoms with Crippen LogP contribution in [-0.2, 0) is 6.61 Å². The van der Waals surface area contributed by atoms with Crippen molar-refractivity contribution < 1.29 is 34.0 Å². The largest absolute Gasteiger partial charge is 0.504 e. The van der Waals surface area contributed by atoms with Gasteiger partial charge in [0.05, 0.1) is 46.4 Å². The number of aromatic nitrogens is 2. The van der Waals surface area contributed by atoms with Crippen LogP contribution in [0.5, 0.6) is 28.7 Å². The van der Waals surface area contributed by atoms with Gasteiger partial charge in [0.2, 0.25) is 5.75 Å². The van der Waals surface area contributed by atoms with Crippen LogP contribution in [0.25, 0.3) is 23.0 Å². The van der Waals surface area contributed by atoms with Gasteiger partial charge in [-0.1, -0.05) is 18.2 Å². The number of aliphatic hydroxyl groups excluding tert-OH is 1. The molecule has 3 N–H and O–H groups in total. The minimum absolute atomic E-state index is 0.154. The van der Waals surface area contributed by atoms with Gasteiger partial charge in [0.1, 0.15) is 0 Å². The lowest BCUT2D eigenvalue weighted by molar-refractivity contribution is 0.104. The molecule has 10 heteroatoms. The molecular weight excluding hydrogens is 504 g/mol. The van der Waals surface area contributed by atoms with E-state index in [9.17, 15) is 19.8 Å². The first kappa shape index (κ1) is 27.1. The van der Waals surface area contributed by atoms with Gasteiger partial charge in [0.15, 0.2) is 28.8 Å². The molecule has 0 atom stereocenters. The van der Waals surface area contributed by atoms with Gasteiger partial charge in [-0.3, -0.25) is 9.36 Å². The number of benzene rings is 3. The van der Waals surface area contributed by atoms with Crippen molar-refractivity contribution in [1.82, 2.24) is 9.55 Å². The molecule has 1 heterocycles. The number of aliphatic hydroxyl groups is 1. The first-order chi connectivity index (χ1) is 18.8. The second-order valence-corrected chi connectivity index (χ2v) is 8.39. The van der Waals surface area contributed by atoms with E-state index in [2.05, 4.69) is 4.98 Å². The lowest BCUT2D eigenvalue weighted by atomic mass is 10.1. The van der Waals surface area contributed by atoms with Crippen LogP contribution in [0.1, 0.15) is 21.5 Å². The number of aromatic amines is 1. The number of hydrogen-bond acceptors (Lipinski definition) is 8. The number of ether oxygens (including phenoxy) is 4. The molecule has 0 unspecified atom stereocenters. The van der Waals surface area contributed by atoms with E-state index in [-0.39, 0.29) is 29.5 Å². The lowest BCUT2D eigenvalue weighted by Gasteiger charge is -2.13. The van der Waals surface area contributed by atoms with Crippen LogP contribution >= 0.6 is 0 Å². The third kappa shape index (κ3) is 5.51. The van der Waals surface area contributed by atoms with Crippen molar-refractivity contribution in [3.05, 3.63) is 88.0 Å². The molecule has 0 fully saturated rings. The Kier molecular flexibility index (Phi) is 8.07. The number of imidazole rings is 1. The van der Waals surface area contributed by atoms with Crippen LogP contribution in [0.15, 0.2) is 65.6 Å². The zero-order valence-electron chi connectivity index (χ0n) is 21.8. The highest BCUT2D eigenvalue weighted by Gasteiger charge is 2.17. The van der Waals surface area contributed by atoms with Crippen molar-refractivity contribution in [2.24, 2.45) is 0 Å². The van der Waals surface area contributed by atoms with E-state index < -0.39 is 5.69 Å². The monoisotopic (exact) mass is 532 g/mol. The molecule has 3 aromatic carbocycles. The first-order valence-corrected chi connectivity index (χ1v) is 11.8. The van der Waals surface area contributed by atoms with Crippen molar-refractivity contribution in [3.63, 3.8) is 0 Å². The number of phenols is 1. The van der Waals surface area contributed by atoms with Crippen LogP contribution in [0.2, 0.25) is 0 Å². The normalized spacial score (nSPS) is 11.0. The van der Waals surface area contributed by atoms with Gasteiger partial charge >= 0.3 is 5.69 Å². The zero-order valence-corrected chi connectivity index (χ0v) is 21.8. The molecule has 4 rings (SSSR count). The van der Waals surface area contributed by atoms with Crippen LogP contribution in [0.4, 0.5) is 0 Å². The highest BCUT2D eigenvalue weighted by Crippen LogP contribution is 2.40. The summed E-state index contributed by atoms with van der Waals surface area (Å²) in [5.74, 6) is 1.05. The summed E-state index contributed by atoms with van der Waals surface area (Å²) in [6.45, 7) is -0.386. The number of H-pyrrole nitrogens is 1. The van der Waals surface area contributed by atoms with Gasteiger partial charge in [-0.2, -0.15) is 0 Å². The molecule has 0 saturated heterocycles. The van der Waals surface area contributed by atoms with Crippen LogP contribution in [0.3, 0.4) is 0 Å². The molecule has 4 aromatic rings. The number of methoxy groups -OCH3 is 4. The second-order valence-electron chi connectivity index (χ2n) is 8.39. The lowest BCUT2D eigenvalue weighted by Crippen LogP contribution is -2.14. The summed E-state index contributed by atoms with van der Waals surface area (Å²) in [7, 11) is 5.93. The number of carbonyl (C=O) groups is 1. The van der Waals surface area contributed by atoms with E-state index in [4.69, 9.17) is 18.9 Å². The fourth-order valence-electron chi connectivity index (χ4n) is 4.11. The predicted octanol–water partition coefficient (Wildman–Crippen LogP) is 3.96. The smallest absolute Gasteiger partial charge is 0.330 e. The Balaban J connectivity index is 1.64. The summed E-state index contributed by atoms with van der Waals surface area (Å²) in [4.78, 5) is 28.6. The number of nitrogens with zero attached hydrogens (tertiary/aromatic N) is 1. The molecular formula is C29H28N2O8. The average Bonchev–Trinajstić information content (AvgIpc) is 3.36. The summed E-state index contributed by atoms with van der Waals surface area (Å²) < 4.78 is 22.7. The number of aromatic hydroxyl groups is 1. The van der Waals surface area contributed by atoms with Gasteiger partial charge in [0.25, 0.3) is 0 Å². The molecule has 0 bridgehead atoms. The number of rotatable bonds is 10. The summed E-state index contributed by atoms with van der Waals surface area (Å²) in [5, 5.41) is 19.5. The fourth-order valence-corrected chi connectivity index (χ4v) is 4.11. The average molecular weight is 533 g/mol. The highest BCUT2D eigenvalue weighted by molar-refractivity contribution is 6.07. The topological polar surface area (TPSA) is 132 Å². The van der Waals surface area contributed by atoms with E-state index in [1.165, 1.54) is 39.1 Å². The van der Waals surface area contributed by atoms with Crippen LogP contribution < -0.4 is 24.6 Å². The molecule has 0 aliphatic heterocycles.